The van der Waals surface area contributed by atoms with Gasteiger partial charge in [0.15, 0.2) is 0 Å². The van der Waals surface area contributed by atoms with Crippen LogP contribution >= 0.6 is 0 Å². The fourth-order valence-corrected chi connectivity index (χ4v) is 4.13. The SMILES string of the molecule is CCN(Cc1cccc(CN(CC)[C@@H](CC(C)C)C(=O)OC)c1)[C@@H](CC(C)C)C(=O)OC. The van der Waals surface area contributed by atoms with Crippen molar-refractivity contribution >= 4 is 11.9 Å². The third-order valence-electron chi connectivity index (χ3n) is 5.79. The highest BCUT2D eigenvalue weighted by Crippen LogP contribution is 2.20. The van der Waals surface area contributed by atoms with Crippen molar-refractivity contribution in [3.63, 3.8) is 0 Å². The van der Waals surface area contributed by atoms with E-state index in [1.54, 1.807) is 0 Å². The Morgan fingerprint density at radius 3 is 1.44 bits per heavy atom. The molecule has 0 bridgehead atoms. The molecule has 0 aliphatic rings. The molecule has 6 nitrogen and oxygen atoms in total. The molecule has 6 heteroatoms. The van der Waals surface area contributed by atoms with E-state index < -0.39 is 0 Å². The summed E-state index contributed by atoms with van der Waals surface area (Å²) in [6.07, 6.45) is 1.53. The van der Waals surface area contributed by atoms with Crippen LogP contribution in [0.25, 0.3) is 0 Å². The Kier molecular flexibility index (Phi) is 12.5. The molecular formula is C26H44N2O4. The van der Waals surface area contributed by atoms with Gasteiger partial charge in [0.05, 0.1) is 14.2 Å². The second kappa shape index (κ2) is 14.3. The summed E-state index contributed by atoms with van der Waals surface area (Å²) < 4.78 is 10.2. The highest BCUT2D eigenvalue weighted by Gasteiger charge is 2.28. The van der Waals surface area contributed by atoms with Gasteiger partial charge in [0, 0.05) is 13.1 Å². The van der Waals surface area contributed by atoms with Crippen molar-refractivity contribution in [1.29, 1.82) is 0 Å². The largest absolute Gasteiger partial charge is 0.468 e. The molecule has 32 heavy (non-hydrogen) atoms. The summed E-state index contributed by atoms with van der Waals surface area (Å²) in [6, 6.07) is 7.91. The number of likely N-dealkylation sites (N-methyl/N-ethyl adjacent to an activating group) is 2. The average Bonchev–Trinajstić information content (AvgIpc) is 2.77. The van der Waals surface area contributed by atoms with Gasteiger partial charge in [0.25, 0.3) is 0 Å². The van der Waals surface area contributed by atoms with Gasteiger partial charge >= 0.3 is 11.9 Å². The van der Waals surface area contributed by atoms with Crippen molar-refractivity contribution in [3.05, 3.63) is 35.4 Å². The van der Waals surface area contributed by atoms with E-state index in [0.717, 1.165) is 37.1 Å². The molecule has 0 amide bonds. The van der Waals surface area contributed by atoms with Gasteiger partial charge < -0.3 is 9.47 Å². The quantitative estimate of drug-likeness (QED) is 0.391. The molecule has 0 saturated carbocycles. The number of hydrogen-bond donors (Lipinski definition) is 0. The van der Waals surface area contributed by atoms with Crippen molar-refractivity contribution in [2.75, 3.05) is 27.3 Å². The highest BCUT2D eigenvalue weighted by atomic mass is 16.5. The Labute approximate surface area is 195 Å². The van der Waals surface area contributed by atoms with E-state index >= 15 is 0 Å². The smallest absolute Gasteiger partial charge is 0.323 e. The van der Waals surface area contributed by atoms with E-state index in [-0.39, 0.29) is 24.0 Å². The Balaban J connectivity index is 3.05. The molecule has 0 heterocycles. The topological polar surface area (TPSA) is 59.1 Å². The molecule has 1 aromatic rings. The first kappa shape index (κ1) is 28.1. The third kappa shape index (κ3) is 8.91. The van der Waals surface area contributed by atoms with E-state index in [4.69, 9.17) is 9.47 Å². The molecular weight excluding hydrogens is 404 g/mol. The molecule has 0 aliphatic heterocycles. The number of carbonyl (C=O) groups excluding carboxylic acids is 2. The second-order valence-electron chi connectivity index (χ2n) is 9.28. The molecule has 182 valence electrons. The molecule has 0 N–H and O–H groups in total. The molecule has 0 saturated heterocycles. The summed E-state index contributed by atoms with van der Waals surface area (Å²) in [4.78, 5) is 29.2. The molecule has 1 aromatic carbocycles. The van der Waals surface area contributed by atoms with Crippen LogP contribution in [-0.2, 0) is 32.2 Å². The summed E-state index contributed by atoms with van der Waals surface area (Å²) in [5, 5.41) is 0. The lowest BCUT2D eigenvalue weighted by atomic mass is 10.0. The molecule has 0 unspecified atom stereocenters. The number of rotatable bonds is 14. The van der Waals surface area contributed by atoms with Crippen LogP contribution in [0.1, 0.15) is 65.5 Å². The number of methoxy groups -OCH3 is 2. The lowest BCUT2D eigenvalue weighted by Crippen LogP contribution is -2.42. The van der Waals surface area contributed by atoms with Crippen LogP contribution in [0.3, 0.4) is 0 Å². The first-order chi connectivity index (χ1) is 15.2. The average molecular weight is 449 g/mol. The van der Waals surface area contributed by atoms with E-state index in [2.05, 4.69) is 75.6 Å². The summed E-state index contributed by atoms with van der Waals surface area (Å²) in [6.45, 7) is 15.5. The molecule has 0 fully saturated rings. The molecule has 1 rings (SSSR count). The van der Waals surface area contributed by atoms with E-state index in [0.29, 0.717) is 24.9 Å². The van der Waals surface area contributed by atoms with Gasteiger partial charge in [-0.3, -0.25) is 19.4 Å². The standard InChI is InChI=1S/C26H44N2O4/c1-9-27(23(14-19(3)4)25(29)31-7)17-21-12-11-13-22(16-21)18-28(10-2)24(15-20(5)6)26(30)32-8/h11-13,16,19-20,23-24H,9-10,14-15,17-18H2,1-8H3/t23-,24-/m0/s1. The van der Waals surface area contributed by atoms with Crippen molar-refractivity contribution in [2.24, 2.45) is 11.8 Å². The minimum Gasteiger partial charge on any atom is -0.468 e. The predicted octanol–water partition coefficient (Wildman–Crippen LogP) is 4.51. The fourth-order valence-electron chi connectivity index (χ4n) is 4.13. The highest BCUT2D eigenvalue weighted by molar-refractivity contribution is 5.76. The monoisotopic (exact) mass is 448 g/mol. The molecule has 0 aromatic heterocycles. The summed E-state index contributed by atoms with van der Waals surface area (Å²) in [5.41, 5.74) is 2.30. The minimum absolute atomic E-state index is 0.177. The number of ether oxygens (including phenoxy) is 2. The molecule has 0 radical (unpaired) electrons. The Hall–Kier alpha value is -1.92. The number of benzene rings is 1. The first-order valence-electron chi connectivity index (χ1n) is 11.9. The summed E-state index contributed by atoms with van der Waals surface area (Å²) in [7, 11) is 2.91. The van der Waals surface area contributed by atoms with Gasteiger partial charge in [-0.25, -0.2) is 0 Å². The van der Waals surface area contributed by atoms with Crippen LogP contribution in [0, 0.1) is 11.8 Å². The zero-order valence-corrected chi connectivity index (χ0v) is 21.4. The number of carbonyl (C=O) groups is 2. The minimum atomic E-state index is -0.254. The fraction of sp³-hybridized carbons (Fsp3) is 0.692. The molecule has 0 aliphatic carbocycles. The Morgan fingerprint density at radius 1 is 0.781 bits per heavy atom. The van der Waals surface area contributed by atoms with E-state index in [1.807, 2.05) is 0 Å². The number of esters is 2. The van der Waals surface area contributed by atoms with Gasteiger partial charge in [0.2, 0.25) is 0 Å². The van der Waals surface area contributed by atoms with Crippen molar-refractivity contribution in [2.45, 2.75) is 79.6 Å². The normalized spacial score (nSPS) is 13.6. The third-order valence-corrected chi connectivity index (χ3v) is 5.79. The maximum atomic E-state index is 12.4. The number of nitrogens with zero attached hydrogens (tertiary/aromatic N) is 2. The van der Waals surface area contributed by atoms with Crippen LogP contribution in [0.4, 0.5) is 0 Å². The predicted molar refractivity (Wildman–Crippen MR) is 129 cm³/mol. The van der Waals surface area contributed by atoms with Gasteiger partial charge in [-0.15, -0.1) is 0 Å². The zero-order valence-electron chi connectivity index (χ0n) is 21.4. The van der Waals surface area contributed by atoms with Crippen molar-refractivity contribution in [3.8, 4) is 0 Å². The second-order valence-corrected chi connectivity index (χ2v) is 9.28. The van der Waals surface area contributed by atoms with Crippen LogP contribution in [0.5, 0.6) is 0 Å². The lowest BCUT2D eigenvalue weighted by molar-refractivity contribution is -0.148. The maximum Gasteiger partial charge on any atom is 0.323 e. The van der Waals surface area contributed by atoms with Crippen LogP contribution in [0.2, 0.25) is 0 Å². The van der Waals surface area contributed by atoms with Gasteiger partial charge in [-0.05, 0) is 48.9 Å². The first-order valence-corrected chi connectivity index (χ1v) is 11.9. The lowest BCUT2D eigenvalue weighted by Gasteiger charge is -2.31. The Bertz CT molecular complexity index is 650. The van der Waals surface area contributed by atoms with E-state index in [1.165, 1.54) is 14.2 Å². The van der Waals surface area contributed by atoms with Gasteiger partial charge in [0.1, 0.15) is 12.1 Å². The Morgan fingerprint density at radius 2 is 1.16 bits per heavy atom. The van der Waals surface area contributed by atoms with Crippen molar-refractivity contribution in [1.82, 2.24) is 9.80 Å². The van der Waals surface area contributed by atoms with Crippen molar-refractivity contribution < 1.29 is 19.1 Å². The summed E-state index contributed by atoms with van der Waals surface area (Å²) >= 11 is 0. The van der Waals surface area contributed by atoms with Gasteiger partial charge in [-0.1, -0.05) is 65.8 Å². The summed E-state index contributed by atoms with van der Waals surface area (Å²) in [5.74, 6) is 0.439. The van der Waals surface area contributed by atoms with Crippen LogP contribution in [0.15, 0.2) is 24.3 Å². The maximum absolute atomic E-state index is 12.4. The van der Waals surface area contributed by atoms with E-state index in [9.17, 15) is 9.59 Å². The van der Waals surface area contributed by atoms with Gasteiger partial charge in [-0.2, -0.15) is 0 Å². The van der Waals surface area contributed by atoms with Crippen LogP contribution in [-0.4, -0.2) is 61.1 Å². The zero-order chi connectivity index (χ0) is 24.3. The molecule has 0 spiro atoms. The molecule has 2 atom stereocenters. The van der Waals surface area contributed by atoms with Crippen LogP contribution < -0.4 is 0 Å². The number of hydrogen-bond acceptors (Lipinski definition) is 6.